The van der Waals surface area contributed by atoms with Gasteiger partial charge in [0.15, 0.2) is 0 Å². The van der Waals surface area contributed by atoms with E-state index in [1.165, 1.54) is 7.11 Å². The molecule has 0 radical (unpaired) electrons. The van der Waals surface area contributed by atoms with Crippen LogP contribution in [0.3, 0.4) is 0 Å². The van der Waals surface area contributed by atoms with Crippen molar-refractivity contribution in [3.8, 4) is 0 Å². The average Bonchev–Trinajstić information content (AvgIpc) is 2.73. The van der Waals surface area contributed by atoms with Crippen molar-refractivity contribution >= 4 is 17.5 Å². The molecule has 2 atom stereocenters. The smallest absolute Gasteiger partial charge is 0.319 e. The van der Waals surface area contributed by atoms with Crippen molar-refractivity contribution in [2.75, 3.05) is 51.3 Å². The number of nitrogens with zero attached hydrogens (tertiary/aromatic N) is 3. The lowest BCUT2D eigenvalue weighted by atomic mass is 9.87. The molecule has 0 bridgehead atoms. The van der Waals surface area contributed by atoms with E-state index in [2.05, 4.69) is 28.2 Å². The summed E-state index contributed by atoms with van der Waals surface area (Å²) in [6, 6.07) is 8.33. The molecule has 0 aromatic heterocycles. The number of benzene rings is 1. The van der Waals surface area contributed by atoms with Crippen LogP contribution in [0.15, 0.2) is 36.5 Å². The van der Waals surface area contributed by atoms with E-state index in [0.717, 1.165) is 62.5 Å². The largest absolute Gasteiger partial charge is 0.468 e. The molecule has 1 aromatic rings. The number of rotatable bonds is 6. The normalized spacial score (nSPS) is 23.2. The molecule has 2 fully saturated rings. The SMILES string of the molecule is C=C1CN(c2ccc(C(=N)N)cc2)CCN1C1CCN(CC(=O)OC)CC1CC. The average molecular weight is 400 g/mol. The maximum atomic E-state index is 11.6. The lowest BCUT2D eigenvalue weighted by Crippen LogP contribution is -2.56. The molecule has 0 spiro atoms. The Morgan fingerprint density at radius 1 is 1.28 bits per heavy atom. The third-order valence-corrected chi connectivity index (χ3v) is 6.22. The number of carbonyl (C=O) groups is 1. The fourth-order valence-corrected chi connectivity index (χ4v) is 4.55. The van der Waals surface area contributed by atoms with Crippen molar-refractivity contribution < 1.29 is 9.53 Å². The second-order valence-corrected chi connectivity index (χ2v) is 7.98. The van der Waals surface area contributed by atoms with Crippen LogP contribution in [0.2, 0.25) is 0 Å². The fourth-order valence-electron chi connectivity index (χ4n) is 4.55. The van der Waals surface area contributed by atoms with Crippen LogP contribution < -0.4 is 10.6 Å². The van der Waals surface area contributed by atoms with E-state index in [-0.39, 0.29) is 11.8 Å². The third-order valence-electron chi connectivity index (χ3n) is 6.22. The second-order valence-electron chi connectivity index (χ2n) is 7.98. The Morgan fingerprint density at radius 2 is 2.00 bits per heavy atom. The van der Waals surface area contributed by atoms with Gasteiger partial charge in [-0.2, -0.15) is 0 Å². The number of anilines is 1. The highest BCUT2D eigenvalue weighted by Gasteiger charge is 2.35. The van der Waals surface area contributed by atoms with Crippen molar-refractivity contribution in [2.45, 2.75) is 25.8 Å². The van der Waals surface area contributed by atoms with Crippen molar-refractivity contribution in [1.29, 1.82) is 5.41 Å². The highest BCUT2D eigenvalue weighted by atomic mass is 16.5. The third kappa shape index (κ3) is 4.90. The van der Waals surface area contributed by atoms with Crippen LogP contribution >= 0.6 is 0 Å². The van der Waals surface area contributed by atoms with E-state index in [1.807, 2.05) is 24.3 Å². The van der Waals surface area contributed by atoms with Crippen molar-refractivity contribution in [3.05, 3.63) is 42.1 Å². The van der Waals surface area contributed by atoms with Gasteiger partial charge in [-0.05, 0) is 36.6 Å². The predicted molar refractivity (Wildman–Crippen MR) is 116 cm³/mol. The number of hydrogen-bond acceptors (Lipinski definition) is 6. The summed E-state index contributed by atoms with van der Waals surface area (Å²) in [4.78, 5) is 18.7. The van der Waals surface area contributed by atoms with Gasteiger partial charge in [-0.3, -0.25) is 15.1 Å². The summed E-state index contributed by atoms with van der Waals surface area (Å²) in [7, 11) is 1.45. The first-order chi connectivity index (χ1) is 13.9. The van der Waals surface area contributed by atoms with Crippen molar-refractivity contribution in [3.63, 3.8) is 0 Å². The maximum Gasteiger partial charge on any atom is 0.319 e. The van der Waals surface area contributed by atoms with Gasteiger partial charge in [-0.15, -0.1) is 0 Å². The molecule has 3 rings (SSSR count). The Hall–Kier alpha value is -2.54. The van der Waals surface area contributed by atoms with Crippen LogP contribution in [-0.4, -0.2) is 74.0 Å². The summed E-state index contributed by atoms with van der Waals surface area (Å²) in [5.41, 5.74) is 8.59. The van der Waals surface area contributed by atoms with E-state index in [1.54, 1.807) is 0 Å². The zero-order valence-corrected chi connectivity index (χ0v) is 17.6. The number of nitrogens with two attached hydrogens (primary N) is 1. The maximum absolute atomic E-state index is 11.6. The van der Waals surface area contributed by atoms with Gasteiger partial charge in [-0.1, -0.05) is 19.9 Å². The number of likely N-dealkylation sites (tertiary alicyclic amines) is 1. The summed E-state index contributed by atoms with van der Waals surface area (Å²) < 4.78 is 4.83. The van der Waals surface area contributed by atoms with E-state index in [0.29, 0.717) is 18.5 Å². The van der Waals surface area contributed by atoms with E-state index in [4.69, 9.17) is 15.9 Å². The van der Waals surface area contributed by atoms with E-state index in [9.17, 15) is 4.79 Å². The van der Waals surface area contributed by atoms with Crippen LogP contribution in [0.4, 0.5) is 5.69 Å². The first kappa shape index (κ1) is 21.2. The molecule has 2 unspecified atom stereocenters. The molecule has 2 aliphatic rings. The van der Waals surface area contributed by atoms with Gasteiger partial charge in [0.2, 0.25) is 0 Å². The molecule has 7 nitrogen and oxygen atoms in total. The molecule has 0 saturated carbocycles. The molecule has 0 aliphatic carbocycles. The number of nitrogen functional groups attached to an aromatic ring is 1. The molecule has 2 aliphatic heterocycles. The zero-order valence-electron chi connectivity index (χ0n) is 17.6. The number of carbonyl (C=O) groups excluding carboxylic acids is 1. The second kappa shape index (κ2) is 9.31. The predicted octanol–water partition coefficient (Wildman–Crippen LogP) is 1.88. The molecular formula is C22H33N5O2. The standard InChI is InChI=1S/C22H33N5O2/c1-4-17-14-25(15-21(28)29-3)10-9-20(17)27-12-11-26(13-16(27)2)19-7-5-18(6-8-19)22(23)24/h5-8,17,20H,2,4,9-15H2,1,3H3,(H3,23,24). The number of piperidine rings is 1. The van der Waals surface area contributed by atoms with Crippen LogP contribution in [0, 0.1) is 11.3 Å². The monoisotopic (exact) mass is 399 g/mol. The molecule has 29 heavy (non-hydrogen) atoms. The Bertz CT molecular complexity index is 748. The van der Waals surface area contributed by atoms with Crippen LogP contribution in [0.1, 0.15) is 25.3 Å². The summed E-state index contributed by atoms with van der Waals surface area (Å²) in [6.45, 7) is 11.5. The number of hydrogen-bond donors (Lipinski definition) is 2. The Kier molecular flexibility index (Phi) is 6.79. The number of nitrogens with one attached hydrogen (secondary N) is 1. The Labute approximate surface area is 173 Å². The first-order valence-corrected chi connectivity index (χ1v) is 10.4. The van der Waals surface area contributed by atoms with Gasteiger partial charge in [-0.25, -0.2) is 0 Å². The topological polar surface area (TPSA) is 85.9 Å². The summed E-state index contributed by atoms with van der Waals surface area (Å²) in [6.07, 6.45) is 2.13. The number of esters is 1. The first-order valence-electron chi connectivity index (χ1n) is 10.4. The molecule has 158 valence electrons. The highest BCUT2D eigenvalue weighted by Crippen LogP contribution is 2.30. The minimum absolute atomic E-state index is 0.0925. The molecule has 2 heterocycles. The molecule has 7 heteroatoms. The molecule has 2 saturated heterocycles. The van der Waals surface area contributed by atoms with Gasteiger partial charge < -0.3 is 20.3 Å². The summed E-state index contributed by atoms with van der Waals surface area (Å²) in [5.74, 6) is 0.452. The lowest BCUT2D eigenvalue weighted by molar-refractivity contribution is -0.142. The van der Waals surface area contributed by atoms with Crippen LogP contribution in [0.5, 0.6) is 0 Å². The van der Waals surface area contributed by atoms with Crippen LogP contribution in [0.25, 0.3) is 0 Å². The number of piperazine rings is 1. The minimum Gasteiger partial charge on any atom is -0.468 e. The van der Waals surface area contributed by atoms with E-state index >= 15 is 0 Å². The molecule has 0 amide bonds. The molecular weight excluding hydrogens is 366 g/mol. The lowest BCUT2D eigenvalue weighted by Gasteiger charge is -2.49. The van der Waals surface area contributed by atoms with E-state index < -0.39 is 0 Å². The summed E-state index contributed by atoms with van der Waals surface area (Å²) in [5, 5.41) is 7.54. The van der Waals surface area contributed by atoms with Gasteiger partial charge in [0.1, 0.15) is 5.84 Å². The number of amidine groups is 1. The number of methoxy groups -OCH3 is 1. The molecule has 3 N–H and O–H groups in total. The molecule has 1 aromatic carbocycles. The minimum atomic E-state index is -0.160. The summed E-state index contributed by atoms with van der Waals surface area (Å²) >= 11 is 0. The van der Waals surface area contributed by atoms with Crippen LogP contribution in [-0.2, 0) is 9.53 Å². The van der Waals surface area contributed by atoms with Gasteiger partial charge in [0.05, 0.1) is 20.2 Å². The van der Waals surface area contributed by atoms with Crippen molar-refractivity contribution in [2.24, 2.45) is 11.7 Å². The quantitative estimate of drug-likeness (QED) is 0.432. The van der Waals surface area contributed by atoms with Crippen molar-refractivity contribution in [1.82, 2.24) is 9.80 Å². The fraction of sp³-hybridized carbons (Fsp3) is 0.545. The van der Waals surface area contributed by atoms with Gasteiger partial charge in [0.25, 0.3) is 0 Å². The highest BCUT2D eigenvalue weighted by molar-refractivity contribution is 5.95. The van der Waals surface area contributed by atoms with Gasteiger partial charge in [0, 0.05) is 49.2 Å². The Balaban J connectivity index is 1.61. The Morgan fingerprint density at radius 3 is 2.59 bits per heavy atom. The zero-order chi connectivity index (χ0) is 21.0. The number of ether oxygens (including phenoxy) is 1. The van der Waals surface area contributed by atoms with Gasteiger partial charge >= 0.3 is 5.97 Å².